The third kappa shape index (κ3) is 3.19. The highest BCUT2D eigenvalue weighted by atomic mass is 79.9. The fraction of sp³-hybridized carbons (Fsp3) is 0.417. The molecular weight excluding hydrogens is 284 g/mol. The zero-order chi connectivity index (χ0) is 12.9. The van der Waals surface area contributed by atoms with E-state index in [0.717, 1.165) is 10.2 Å². The van der Waals surface area contributed by atoms with Gasteiger partial charge in [0.1, 0.15) is 0 Å². The van der Waals surface area contributed by atoms with Crippen molar-refractivity contribution in [2.45, 2.75) is 18.8 Å². The molecule has 0 aliphatic carbocycles. The summed E-state index contributed by atoms with van der Waals surface area (Å²) in [7, 11) is 3.01. The van der Waals surface area contributed by atoms with Crippen LogP contribution in [0.1, 0.15) is 6.92 Å². The number of ether oxygens (including phenoxy) is 2. The van der Waals surface area contributed by atoms with E-state index >= 15 is 0 Å². The highest BCUT2D eigenvalue weighted by molar-refractivity contribution is 9.10. The zero-order valence-corrected chi connectivity index (χ0v) is 11.6. The Bertz CT molecular complexity index is 415. The van der Waals surface area contributed by atoms with Crippen LogP contribution in [0.3, 0.4) is 0 Å². The maximum atomic E-state index is 9.28. The first-order valence-corrected chi connectivity index (χ1v) is 5.86. The van der Waals surface area contributed by atoms with Crippen LogP contribution in [-0.2, 0) is 9.47 Å². The maximum absolute atomic E-state index is 9.28. The Hall–Kier alpha value is -1.09. The van der Waals surface area contributed by atoms with Crippen LogP contribution in [0.25, 0.3) is 0 Å². The summed E-state index contributed by atoms with van der Waals surface area (Å²) in [5.41, 5.74) is -0.149. The number of rotatable bonds is 5. The number of nitrogens with zero attached hydrogens (tertiary/aromatic N) is 1. The van der Waals surface area contributed by atoms with Gasteiger partial charge < -0.3 is 14.8 Å². The molecule has 5 heteroatoms. The summed E-state index contributed by atoms with van der Waals surface area (Å²) in [6.07, 6.45) is -0.653. The molecule has 0 spiro atoms. The Kier molecular flexibility index (Phi) is 4.94. The maximum Gasteiger partial charge on any atom is 0.193 e. The van der Waals surface area contributed by atoms with Gasteiger partial charge in [-0.3, -0.25) is 0 Å². The van der Waals surface area contributed by atoms with E-state index < -0.39 is 11.8 Å². The Labute approximate surface area is 110 Å². The lowest BCUT2D eigenvalue weighted by atomic mass is 10.0. The molecule has 17 heavy (non-hydrogen) atoms. The molecular formula is C12H15BrN2O2. The molecule has 1 rings (SSSR count). The van der Waals surface area contributed by atoms with Crippen LogP contribution >= 0.6 is 15.9 Å². The van der Waals surface area contributed by atoms with Gasteiger partial charge in [-0.2, -0.15) is 5.26 Å². The van der Waals surface area contributed by atoms with Crippen molar-refractivity contribution >= 4 is 21.6 Å². The minimum atomic E-state index is -0.965. The highest BCUT2D eigenvalue weighted by Gasteiger charge is 2.35. The third-order valence-electron chi connectivity index (χ3n) is 2.40. The second-order valence-corrected chi connectivity index (χ2v) is 4.58. The van der Waals surface area contributed by atoms with Crippen molar-refractivity contribution in [2.24, 2.45) is 0 Å². The van der Waals surface area contributed by atoms with Gasteiger partial charge in [-0.15, -0.1) is 0 Å². The quantitative estimate of drug-likeness (QED) is 0.849. The SMILES string of the molecule is COC(OC)C(C)(C#N)Nc1ccccc1Br. The molecule has 1 aromatic rings. The third-order valence-corrected chi connectivity index (χ3v) is 3.09. The second kappa shape index (κ2) is 6.01. The predicted octanol–water partition coefficient (Wildman–Crippen LogP) is 2.76. The van der Waals surface area contributed by atoms with Gasteiger partial charge in [0.05, 0.1) is 6.07 Å². The van der Waals surface area contributed by atoms with Crippen LogP contribution < -0.4 is 5.32 Å². The Balaban J connectivity index is 2.98. The fourth-order valence-corrected chi connectivity index (χ4v) is 1.93. The summed E-state index contributed by atoms with van der Waals surface area (Å²) in [5, 5.41) is 12.4. The molecule has 0 saturated heterocycles. The van der Waals surface area contributed by atoms with Crippen LogP contribution in [0.2, 0.25) is 0 Å². The Morgan fingerprint density at radius 1 is 1.35 bits per heavy atom. The largest absolute Gasteiger partial charge is 0.363 e. The average Bonchev–Trinajstić information content (AvgIpc) is 2.33. The molecule has 1 aromatic carbocycles. The molecule has 1 unspecified atom stereocenters. The van der Waals surface area contributed by atoms with Gasteiger partial charge in [-0.1, -0.05) is 12.1 Å². The van der Waals surface area contributed by atoms with Gasteiger partial charge in [-0.05, 0) is 35.0 Å². The van der Waals surface area contributed by atoms with Crippen molar-refractivity contribution < 1.29 is 9.47 Å². The van der Waals surface area contributed by atoms with Crippen LogP contribution in [0, 0.1) is 11.3 Å². The molecule has 0 fully saturated rings. The van der Waals surface area contributed by atoms with E-state index in [1.54, 1.807) is 6.92 Å². The van der Waals surface area contributed by atoms with E-state index in [2.05, 4.69) is 27.3 Å². The number of benzene rings is 1. The van der Waals surface area contributed by atoms with E-state index in [1.807, 2.05) is 24.3 Å². The molecule has 1 N–H and O–H groups in total. The van der Waals surface area contributed by atoms with E-state index in [9.17, 15) is 5.26 Å². The summed E-state index contributed by atoms with van der Waals surface area (Å²) in [6, 6.07) is 9.74. The normalized spacial score (nSPS) is 14.1. The van der Waals surface area contributed by atoms with E-state index in [4.69, 9.17) is 9.47 Å². The molecule has 0 aliphatic heterocycles. The number of nitrogens with one attached hydrogen (secondary N) is 1. The van der Waals surface area contributed by atoms with E-state index in [0.29, 0.717) is 0 Å². The van der Waals surface area contributed by atoms with E-state index in [-0.39, 0.29) is 0 Å². The summed E-state index contributed by atoms with van der Waals surface area (Å²) in [6.45, 7) is 1.73. The first-order chi connectivity index (χ1) is 8.07. The zero-order valence-electron chi connectivity index (χ0n) is 10.0. The second-order valence-electron chi connectivity index (χ2n) is 3.72. The van der Waals surface area contributed by atoms with Crippen molar-refractivity contribution in [3.05, 3.63) is 28.7 Å². The fourth-order valence-electron chi connectivity index (χ4n) is 1.55. The summed E-state index contributed by atoms with van der Waals surface area (Å²) < 4.78 is 11.2. The minimum Gasteiger partial charge on any atom is -0.363 e. The first-order valence-electron chi connectivity index (χ1n) is 5.07. The summed E-state index contributed by atoms with van der Waals surface area (Å²) in [4.78, 5) is 0. The summed E-state index contributed by atoms with van der Waals surface area (Å²) in [5.74, 6) is 0. The summed E-state index contributed by atoms with van der Waals surface area (Å²) >= 11 is 3.42. The molecule has 0 aliphatic rings. The number of hydrogen-bond acceptors (Lipinski definition) is 4. The lowest BCUT2D eigenvalue weighted by Crippen LogP contribution is -2.47. The molecule has 0 radical (unpaired) electrons. The van der Waals surface area contributed by atoms with Crippen LogP contribution in [0.4, 0.5) is 5.69 Å². The number of anilines is 1. The molecule has 0 aromatic heterocycles. The highest BCUT2D eigenvalue weighted by Crippen LogP contribution is 2.27. The number of methoxy groups -OCH3 is 2. The van der Waals surface area contributed by atoms with Crippen LogP contribution in [0.15, 0.2) is 28.7 Å². The molecule has 0 heterocycles. The van der Waals surface area contributed by atoms with Gasteiger partial charge in [0.25, 0.3) is 0 Å². The number of halogens is 1. The number of para-hydroxylation sites is 1. The van der Waals surface area contributed by atoms with Gasteiger partial charge in [0.2, 0.25) is 0 Å². The standard InChI is InChI=1S/C12H15BrN2O2/c1-12(8-14,11(16-2)17-3)15-10-7-5-4-6-9(10)13/h4-7,11,15H,1-3H3. The van der Waals surface area contributed by atoms with Crippen molar-refractivity contribution in [3.63, 3.8) is 0 Å². The Morgan fingerprint density at radius 2 is 1.94 bits per heavy atom. The molecule has 4 nitrogen and oxygen atoms in total. The molecule has 0 amide bonds. The van der Waals surface area contributed by atoms with Crippen molar-refractivity contribution in [3.8, 4) is 6.07 Å². The predicted molar refractivity (Wildman–Crippen MR) is 69.6 cm³/mol. The average molecular weight is 299 g/mol. The first kappa shape index (κ1) is 14.0. The number of hydrogen-bond donors (Lipinski definition) is 1. The minimum absolute atomic E-state index is 0.653. The molecule has 1 atom stereocenters. The van der Waals surface area contributed by atoms with Crippen LogP contribution in [-0.4, -0.2) is 26.0 Å². The van der Waals surface area contributed by atoms with Crippen LogP contribution in [0.5, 0.6) is 0 Å². The lowest BCUT2D eigenvalue weighted by Gasteiger charge is -2.31. The van der Waals surface area contributed by atoms with E-state index in [1.165, 1.54) is 14.2 Å². The van der Waals surface area contributed by atoms with Gasteiger partial charge >= 0.3 is 0 Å². The monoisotopic (exact) mass is 298 g/mol. The van der Waals surface area contributed by atoms with Crippen molar-refractivity contribution in [1.29, 1.82) is 5.26 Å². The van der Waals surface area contributed by atoms with Gasteiger partial charge in [0, 0.05) is 24.4 Å². The molecule has 92 valence electrons. The topological polar surface area (TPSA) is 54.3 Å². The van der Waals surface area contributed by atoms with Gasteiger partial charge in [-0.25, -0.2) is 0 Å². The van der Waals surface area contributed by atoms with Crippen molar-refractivity contribution in [1.82, 2.24) is 0 Å². The molecule has 0 saturated carbocycles. The smallest absolute Gasteiger partial charge is 0.193 e. The Morgan fingerprint density at radius 3 is 2.41 bits per heavy atom. The molecule has 0 bridgehead atoms. The lowest BCUT2D eigenvalue weighted by molar-refractivity contribution is -0.124. The van der Waals surface area contributed by atoms with Gasteiger partial charge in [0.15, 0.2) is 11.8 Å². The number of nitriles is 1. The van der Waals surface area contributed by atoms with Crippen molar-refractivity contribution in [2.75, 3.05) is 19.5 Å².